The van der Waals surface area contributed by atoms with Gasteiger partial charge in [0.2, 0.25) is 0 Å². The number of aromatic nitrogens is 2. The van der Waals surface area contributed by atoms with Gasteiger partial charge in [-0.25, -0.2) is 13.8 Å². The first-order valence-corrected chi connectivity index (χ1v) is 7.64. The molecule has 0 radical (unpaired) electrons. The van der Waals surface area contributed by atoms with Crippen LogP contribution in [0.15, 0.2) is 18.3 Å². The molecule has 0 saturated heterocycles. The minimum Gasteiger partial charge on any atom is -0.349 e. The minimum atomic E-state index is -2.61. The SMILES string of the molecule is Cc1cc(C(F)F)n2ccc(C(=O)NC3CCCCC3)c2n1. The fourth-order valence-electron chi connectivity index (χ4n) is 3.08. The molecular weight excluding hydrogens is 288 g/mol. The lowest BCUT2D eigenvalue weighted by molar-refractivity contribution is 0.0929. The van der Waals surface area contributed by atoms with Crippen LogP contribution in [-0.2, 0) is 0 Å². The molecule has 1 fully saturated rings. The van der Waals surface area contributed by atoms with Gasteiger partial charge in [-0.3, -0.25) is 9.20 Å². The molecule has 1 aliphatic rings. The summed E-state index contributed by atoms with van der Waals surface area (Å²) in [5, 5.41) is 3.00. The fourth-order valence-corrected chi connectivity index (χ4v) is 3.08. The molecule has 2 aromatic heterocycles. The molecular formula is C16H19F2N3O. The molecule has 1 aliphatic carbocycles. The molecule has 3 rings (SSSR count). The second-order valence-electron chi connectivity index (χ2n) is 5.85. The van der Waals surface area contributed by atoms with Gasteiger partial charge in [0.15, 0.2) is 0 Å². The average Bonchev–Trinajstić information content (AvgIpc) is 2.90. The van der Waals surface area contributed by atoms with Crippen molar-refractivity contribution in [1.29, 1.82) is 0 Å². The molecule has 0 atom stereocenters. The second kappa shape index (κ2) is 6.02. The van der Waals surface area contributed by atoms with Crippen molar-refractivity contribution >= 4 is 11.6 Å². The predicted molar refractivity (Wildman–Crippen MR) is 79.2 cm³/mol. The quantitative estimate of drug-likeness (QED) is 0.941. The van der Waals surface area contributed by atoms with E-state index >= 15 is 0 Å². The van der Waals surface area contributed by atoms with Crippen LogP contribution < -0.4 is 5.32 Å². The number of halogens is 2. The third kappa shape index (κ3) is 2.82. The zero-order valence-corrected chi connectivity index (χ0v) is 12.5. The Bertz CT molecular complexity index is 690. The van der Waals surface area contributed by atoms with E-state index in [9.17, 15) is 13.6 Å². The summed E-state index contributed by atoms with van der Waals surface area (Å²) in [5.74, 6) is -0.229. The van der Waals surface area contributed by atoms with Crippen molar-refractivity contribution in [1.82, 2.24) is 14.7 Å². The topological polar surface area (TPSA) is 46.4 Å². The number of nitrogens with one attached hydrogen (secondary N) is 1. The van der Waals surface area contributed by atoms with Gasteiger partial charge in [0.05, 0.1) is 11.3 Å². The number of carbonyl (C=O) groups excluding carboxylic acids is 1. The first kappa shape index (κ1) is 14.9. The summed E-state index contributed by atoms with van der Waals surface area (Å²) < 4.78 is 27.5. The Morgan fingerprint density at radius 2 is 2.09 bits per heavy atom. The molecule has 1 saturated carbocycles. The summed E-state index contributed by atoms with van der Waals surface area (Å²) >= 11 is 0. The molecule has 2 aromatic rings. The maximum Gasteiger partial charge on any atom is 0.278 e. The van der Waals surface area contributed by atoms with E-state index in [1.807, 2.05) is 0 Å². The normalized spacial score (nSPS) is 16.4. The Hall–Kier alpha value is -1.98. The van der Waals surface area contributed by atoms with Crippen molar-refractivity contribution < 1.29 is 13.6 Å². The lowest BCUT2D eigenvalue weighted by Gasteiger charge is -2.22. The van der Waals surface area contributed by atoms with Crippen molar-refractivity contribution in [3.63, 3.8) is 0 Å². The fraction of sp³-hybridized carbons (Fsp3) is 0.500. The number of amides is 1. The van der Waals surface area contributed by atoms with Crippen LogP contribution in [0.25, 0.3) is 5.65 Å². The Kier molecular flexibility index (Phi) is 4.09. The molecule has 22 heavy (non-hydrogen) atoms. The predicted octanol–water partition coefficient (Wildman–Crippen LogP) is 3.64. The number of hydrogen-bond donors (Lipinski definition) is 1. The summed E-state index contributed by atoms with van der Waals surface area (Å²) in [6.07, 6.45) is 4.28. The summed E-state index contributed by atoms with van der Waals surface area (Å²) in [4.78, 5) is 16.7. The number of carbonyl (C=O) groups is 1. The number of rotatable bonds is 3. The maximum atomic E-state index is 13.1. The molecule has 0 bridgehead atoms. The van der Waals surface area contributed by atoms with Crippen LogP contribution in [-0.4, -0.2) is 21.3 Å². The highest BCUT2D eigenvalue weighted by Crippen LogP contribution is 2.23. The van der Waals surface area contributed by atoms with Gasteiger partial charge in [0.1, 0.15) is 5.65 Å². The highest BCUT2D eigenvalue weighted by Gasteiger charge is 2.21. The van der Waals surface area contributed by atoms with E-state index in [1.54, 1.807) is 13.0 Å². The zero-order valence-electron chi connectivity index (χ0n) is 12.5. The van der Waals surface area contributed by atoms with Crippen LogP contribution in [0.3, 0.4) is 0 Å². The van der Waals surface area contributed by atoms with Gasteiger partial charge in [-0.05, 0) is 31.9 Å². The molecule has 1 amide bonds. The van der Waals surface area contributed by atoms with Gasteiger partial charge in [0, 0.05) is 17.9 Å². The van der Waals surface area contributed by atoms with E-state index in [0.29, 0.717) is 16.9 Å². The standard InChI is InChI=1S/C16H19F2N3O/c1-10-9-13(14(17)18)21-8-7-12(15(21)19-10)16(22)20-11-5-3-2-4-6-11/h7-9,11,14H,2-6H2,1H3,(H,20,22). The van der Waals surface area contributed by atoms with Crippen LogP contribution >= 0.6 is 0 Å². The molecule has 118 valence electrons. The van der Waals surface area contributed by atoms with Crippen LogP contribution in [0.4, 0.5) is 8.78 Å². The van der Waals surface area contributed by atoms with Gasteiger partial charge in [-0.1, -0.05) is 19.3 Å². The van der Waals surface area contributed by atoms with E-state index in [4.69, 9.17) is 0 Å². The first-order valence-electron chi connectivity index (χ1n) is 7.64. The smallest absolute Gasteiger partial charge is 0.278 e. The molecule has 0 aliphatic heterocycles. The van der Waals surface area contributed by atoms with Gasteiger partial charge in [-0.2, -0.15) is 0 Å². The lowest BCUT2D eigenvalue weighted by atomic mass is 9.95. The van der Waals surface area contributed by atoms with Crippen molar-refractivity contribution in [2.24, 2.45) is 0 Å². The van der Waals surface area contributed by atoms with Gasteiger partial charge < -0.3 is 5.32 Å². The number of nitrogens with zero attached hydrogens (tertiary/aromatic N) is 2. The maximum absolute atomic E-state index is 13.1. The number of hydrogen-bond acceptors (Lipinski definition) is 2. The Balaban J connectivity index is 1.92. The van der Waals surface area contributed by atoms with Crippen molar-refractivity contribution in [2.75, 3.05) is 0 Å². The van der Waals surface area contributed by atoms with Crippen LogP contribution in [0.5, 0.6) is 0 Å². The molecule has 6 heteroatoms. The second-order valence-corrected chi connectivity index (χ2v) is 5.85. The van der Waals surface area contributed by atoms with E-state index in [0.717, 1.165) is 25.7 Å². The van der Waals surface area contributed by atoms with Crippen molar-refractivity contribution in [2.45, 2.75) is 51.5 Å². The van der Waals surface area contributed by atoms with E-state index < -0.39 is 6.43 Å². The Morgan fingerprint density at radius 1 is 1.36 bits per heavy atom. The minimum absolute atomic E-state index is 0.140. The molecule has 0 unspecified atom stereocenters. The molecule has 2 heterocycles. The summed E-state index contributed by atoms with van der Waals surface area (Å²) in [6.45, 7) is 1.65. The summed E-state index contributed by atoms with van der Waals surface area (Å²) in [5.41, 5.74) is 0.993. The Labute approximate surface area is 127 Å². The van der Waals surface area contributed by atoms with Gasteiger partial charge in [-0.15, -0.1) is 0 Å². The monoisotopic (exact) mass is 307 g/mol. The largest absolute Gasteiger partial charge is 0.349 e. The number of aryl methyl sites for hydroxylation is 1. The van der Waals surface area contributed by atoms with Crippen LogP contribution in [0.2, 0.25) is 0 Å². The molecule has 0 aromatic carbocycles. The summed E-state index contributed by atoms with van der Waals surface area (Å²) in [6, 6.07) is 3.09. The van der Waals surface area contributed by atoms with Crippen LogP contribution in [0, 0.1) is 6.92 Å². The van der Waals surface area contributed by atoms with Gasteiger partial charge in [0.25, 0.3) is 12.3 Å². The Morgan fingerprint density at radius 3 is 2.77 bits per heavy atom. The van der Waals surface area contributed by atoms with E-state index in [1.165, 1.54) is 23.1 Å². The number of alkyl halides is 2. The van der Waals surface area contributed by atoms with E-state index in [2.05, 4.69) is 10.3 Å². The molecule has 0 spiro atoms. The molecule has 4 nitrogen and oxygen atoms in total. The summed E-state index contributed by atoms with van der Waals surface area (Å²) in [7, 11) is 0. The van der Waals surface area contributed by atoms with Gasteiger partial charge >= 0.3 is 0 Å². The van der Waals surface area contributed by atoms with E-state index in [-0.39, 0.29) is 17.6 Å². The first-order chi connectivity index (χ1) is 10.6. The lowest BCUT2D eigenvalue weighted by Crippen LogP contribution is -2.36. The highest BCUT2D eigenvalue weighted by molar-refractivity contribution is 6.00. The van der Waals surface area contributed by atoms with Crippen LogP contribution in [0.1, 0.15) is 60.3 Å². The highest BCUT2D eigenvalue weighted by atomic mass is 19.3. The van der Waals surface area contributed by atoms with Crippen molar-refractivity contribution in [3.8, 4) is 0 Å². The van der Waals surface area contributed by atoms with Crippen molar-refractivity contribution in [3.05, 3.63) is 35.3 Å². The number of fused-ring (bicyclic) bond motifs is 1. The average molecular weight is 307 g/mol. The third-order valence-corrected chi connectivity index (χ3v) is 4.19. The third-order valence-electron chi connectivity index (χ3n) is 4.19. The molecule has 1 N–H and O–H groups in total. The zero-order chi connectivity index (χ0) is 15.7.